The maximum atomic E-state index is 12.9. The van der Waals surface area contributed by atoms with Crippen molar-refractivity contribution in [2.45, 2.75) is 44.5 Å². The molecule has 0 radical (unpaired) electrons. The fraction of sp³-hybridized carbons (Fsp3) is 0.346. The van der Waals surface area contributed by atoms with E-state index < -0.39 is 11.9 Å². The van der Waals surface area contributed by atoms with Gasteiger partial charge in [0.15, 0.2) is 5.65 Å². The van der Waals surface area contributed by atoms with E-state index in [0.29, 0.717) is 18.5 Å². The Balaban J connectivity index is 1.08. The first kappa shape index (κ1) is 21.7. The fourth-order valence-corrected chi connectivity index (χ4v) is 5.16. The molecular weight excluding hydrogens is 446 g/mol. The zero-order chi connectivity index (χ0) is 23.9. The molecule has 3 amide bonds. The Kier molecular flexibility index (Phi) is 5.41. The van der Waals surface area contributed by atoms with Crippen LogP contribution < -0.4 is 10.1 Å². The minimum atomic E-state index is -0.612. The Morgan fingerprint density at radius 3 is 2.89 bits per heavy atom. The van der Waals surface area contributed by atoms with Crippen molar-refractivity contribution >= 4 is 28.8 Å². The third-order valence-electron chi connectivity index (χ3n) is 6.93. The molecule has 1 unspecified atom stereocenters. The normalized spacial score (nSPS) is 22.5. The van der Waals surface area contributed by atoms with Crippen molar-refractivity contribution < 1.29 is 19.1 Å². The molecule has 9 heteroatoms. The van der Waals surface area contributed by atoms with Crippen LogP contribution in [-0.2, 0) is 22.7 Å². The van der Waals surface area contributed by atoms with Crippen molar-refractivity contribution in [3.63, 3.8) is 0 Å². The quantitative estimate of drug-likeness (QED) is 0.568. The Hall–Kier alpha value is -3.85. The van der Waals surface area contributed by atoms with E-state index >= 15 is 0 Å². The van der Waals surface area contributed by atoms with Crippen LogP contribution in [0.4, 0.5) is 0 Å². The summed E-state index contributed by atoms with van der Waals surface area (Å²) in [6, 6.07) is 12.9. The lowest BCUT2D eigenvalue weighted by Gasteiger charge is -2.29. The number of imide groups is 1. The van der Waals surface area contributed by atoms with Crippen LogP contribution in [0.25, 0.3) is 11.0 Å². The van der Waals surface area contributed by atoms with Crippen molar-refractivity contribution in [2.24, 2.45) is 0 Å². The van der Waals surface area contributed by atoms with Gasteiger partial charge in [0.25, 0.3) is 5.91 Å². The highest BCUT2D eigenvalue weighted by molar-refractivity contribution is 6.05. The van der Waals surface area contributed by atoms with E-state index in [1.54, 1.807) is 17.2 Å². The lowest BCUT2D eigenvalue weighted by molar-refractivity contribution is -0.136. The summed E-state index contributed by atoms with van der Waals surface area (Å²) >= 11 is 0. The molecule has 1 N–H and O–H groups in total. The van der Waals surface area contributed by atoms with Gasteiger partial charge in [0, 0.05) is 49.7 Å². The number of nitrogens with zero attached hydrogens (tertiary/aromatic N) is 4. The van der Waals surface area contributed by atoms with Gasteiger partial charge in [0.1, 0.15) is 17.9 Å². The molecule has 3 aromatic rings. The molecule has 1 aromatic carbocycles. The average Bonchev–Trinajstić information content (AvgIpc) is 3.42. The lowest BCUT2D eigenvalue weighted by atomic mass is 10.0. The van der Waals surface area contributed by atoms with Gasteiger partial charge in [-0.1, -0.05) is 0 Å². The molecule has 2 atom stereocenters. The van der Waals surface area contributed by atoms with Gasteiger partial charge in [-0.2, -0.15) is 0 Å². The third-order valence-corrected chi connectivity index (χ3v) is 6.93. The van der Waals surface area contributed by atoms with E-state index in [2.05, 4.69) is 26.3 Å². The van der Waals surface area contributed by atoms with Gasteiger partial charge >= 0.3 is 0 Å². The summed E-state index contributed by atoms with van der Waals surface area (Å²) in [6.45, 7) is 2.79. The van der Waals surface area contributed by atoms with E-state index in [1.165, 1.54) is 0 Å². The Morgan fingerprint density at radius 1 is 1.09 bits per heavy atom. The Morgan fingerprint density at radius 2 is 2.00 bits per heavy atom. The van der Waals surface area contributed by atoms with Crippen LogP contribution in [-0.4, -0.2) is 62.7 Å². The summed E-state index contributed by atoms with van der Waals surface area (Å²) in [7, 11) is 0. The molecule has 0 spiro atoms. The minimum absolute atomic E-state index is 0.0509. The first-order valence-electron chi connectivity index (χ1n) is 11.9. The number of pyridine rings is 2. The predicted molar refractivity (Wildman–Crippen MR) is 126 cm³/mol. The van der Waals surface area contributed by atoms with Crippen molar-refractivity contribution in [3.8, 4) is 5.75 Å². The summed E-state index contributed by atoms with van der Waals surface area (Å²) in [5.41, 5.74) is 3.18. The van der Waals surface area contributed by atoms with E-state index in [-0.39, 0.29) is 24.3 Å². The Bertz CT molecular complexity index is 1340. The summed E-state index contributed by atoms with van der Waals surface area (Å²) in [5, 5.41) is 3.37. The van der Waals surface area contributed by atoms with Crippen LogP contribution in [0.1, 0.15) is 40.9 Å². The predicted octanol–water partition coefficient (Wildman–Crippen LogP) is 2.04. The van der Waals surface area contributed by atoms with Crippen LogP contribution in [0.15, 0.2) is 48.7 Å². The molecule has 0 saturated carbocycles. The molecule has 6 rings (SSSR count). The maximum absolute atomic E-state index is 12.9. The topological polar surface area (TPSA) is 105 Å². The second kappa shape index (κ2) is 8.74. The number of rotatable bonds is 5. The summed E-state index contributed by atoms with van der Waals surface area (Å²) < 4.78 is 6.26. The first-order valence-corrected chi connectivity index (χ1v) is 11.9. The molecule has 9 nitrogen and oxygen atoms in total. The number of hydrogen-bond donors (Lipinski definition) is 1. The molecule has 0 aliphatic carbocycles. The second-order valence-electron chi connectivity index (χ2n) is 9.34. The van der Waals surface area contributed by atoms with E-state index in [0.717, 1.165) is 54.1 Å². The van der Waals surface area contributed by atoms with Crippen LogP contribution in [0.5, 0.6) is 5.75 Å². The SMILES string of the molecule is O=C1CCC(N2Cc3cc(O[C@H]4CCN(Cc5ccc6cccnc6n5)C4)ccc3C2=O)C(=O)N1. The smallest absolute Gasteiger partial charge is 0.255 e. The van der Waals surface area contributed by atoms with Crippen molar-refractivity contribution in [1.29, 1.82) is 0 Å². The molecule has 2 saturated heterocycles. The molecular formula is C26H25N5O4. The van der Waals surface area contributed by atoms with Crippen LogP contribution >= 0.6 is 0 Å². The molecule has 178 valence electrons. The van der Waals surface area contributed by atoms with Crippen molar-refractivity contribution in [1.82, 2.24) is 25.1 Å². The standard InChI is InChI=1S/C26H25N5O4/c32-23-8-7-22(25(33)29-23)31-13-17-12-19(5-6-21(17)26(31)34)35-20-9-11-30(15-20)14-18-4-3-16-2-1-10-27-24(16)28-18/h1-6,10,12,20,22H,7-9,11,13-15H2,(H,29,32,33)/t20-,22?/m0/s1. The van der Waals surface area contributed by atoms with Crippen LogP contribution in [0, 0.1) is 0 Å². The van der Waals surface area contributed by atoms with E-state index in [1.807, 2.05) is 30.3 Å². The number of fused-ring (bicyclic) bond motifs is 2. The van der Waals surface area contributed by atoms with Crippen LogP contribution in [0.2, 0.25) is 0 Å². The number of amides is 3. The van der Waals surface area contributed by atoms with Crippen molar-refractivity contribution in [2.75, 3.05) is 13.1 Å². The van der Waals surface area contributed by atoms with Crippen LogP contribution in [0.3, 0.4) is 0 Å². The first-order chi connectivity index (χ1) is 17.0. The van der Waals surface area contributed by atoms with Gasteiger partial charge in [-0.25, -0.2) is 9.97 Å². The zero-order valence-corrected chi connectivity index (χ0v) is 19.1. The number of aromatic nitrogens is 2. The molecule has 2 fully saturated rings. The number of piperidine rings is 1. The molecule has 5 heterocycles. The second-order valence-corrected chi connectivity index (χ2v) is 9.34. The number of ether oxygens (including phenoxy) is 1. The fourth-order valence-electron chi connectivity index (χ4n) is 5.16. The monoisotopic (exact) mass is 471 g/mol. The Labute approximate surface area is 202 Å². The summed E-state index contributed by atoms with van der Waals surface area (Å²) in [6.07, 6.45) is 3.31. The van der Waals surface area contributed by atoms with Gasteiger partial charge in [0.05, 0.1) is 5.69 Å². The highest BCUT2D eigenvalue weighted by Crippen LogP contribution is 2.31. The van der Waals surface area contributed by atoms with Gasteiger partial charge in [0.2, 0.25) is 11.8 Å². The zero-order valence-electron chi connectivity index (χ0n) is 19.1. The lowest BCUT2D eigenvalue weighted by Crippen LogP contribution is -2.52. The largest absolute Gasteiger partial charge is 0.489 e. The maximum Gasteiger partial charge on any atom is 0.255 e. The number of carbonyl (C=O) groups is 3. The molecule has 2 aromatic heterocycles. The highest BCUT2D eigenvalue weighted by Gasteiger charge is 2.39. The molecule has 3 aliphatic rings. The van der Waals surface area contributed by atoms with Gasteiger partial charge in [-0.05, 0) is 60.9 Å². The van der Waals surface area contributed by atoms with Gasteiger partial charge in [-0.3, -0.25) is 24.6 Å². The van der Waals surface area contributed by atoms with Gasteiger partial charge in [-0.15, -0.1) is 0 Å². The summed E-state index contributed by atoms with van der Waals surface area (Å²) in [4.78, 5) is 49.5. The van der Waals surface area contributed by atoms with Gasteiger partial charge < -0.3 is 9.64 Å². The molecule has 35 heavy (non-hydrogen) atoms. The third kappa shape index (κ3) is 4.23. The number of nitrogens with one attached hydrogen (secondary N) is 1. The molecule has 3 aliphatic heterocycles. The number of likely N-dealkylation sites (tertiary alicyclic amines) is 1. The minimum Gasteiger partial charge on any atom is -0.489 e. The number of carbonyl (C=O) groups excluding carboxylic acids is 3. The molecule has 0 bridgehead atoms. The highest BCUT2D eigenvalue weighted by atomic mass is 16.5. The summed E-state index contributed by atoms with van der Waals surface area (Å²) in [5.74, 6) is -0.140. The average molecular weight is 472 g/mol. The van der Waals surface area contributed by atoms with E-state index in [9.17, 15) is 14.4 Å². The number of benzene rings is 1. The van der Waals surface area contributed by atoms with E-state index in [4.69, 9.17) is 4.74 Å². The van der Waals surface area contributed by atoms with Crippen molar-refractivity contribution in [3.05, 3.63) is 65.5 Å². The number of hydrogen-bond acceptors (Lipinski definition) is 7.